The molecule has 0 aromatic carbocycles. The van der Waals surface area contributed by atoms with E-state index in [1.54, 1.807) is 0 Å². The van der Waals surface area contributed by atoms with Gasteiger partial charge in [-0.3, -0.25) is 0 Å². The van der Waals surface area contributed by atoms with Gasteiger partial charge in [-0.2, -0.15) is 0 Å². The Morgan fingerprint density at radius 1 is 1.00 bits per heavy atom. The molecular weight excluding hydrogens is 149 g/mol. The molecule has 1 aliphatic rings. The zero-order valence-corrected chi connectivity index (χ0v) is 6.54. The van der Waals surface area contributed by atoms with Crippen LogP contribution in [0.3, 0.4) is 0 Å². The minimum absolute atomic E-state index is 1.10. The Bertz CT molecular complexity index is 72.1. The van der Waals surface area contributed by atoms with E-state index in [0.717, 1.165) is 10.5 Å². The number of rotatable bonds is 0. The van der Waals surface area contributed by atoms with Crippen molar-refractivity contribution in [1.82, 2.24) is 0 Å². The van der Waals surface area contributed by atoms with Gasteiger partial charge >= 0.3 is 47.8 Å². The van der Waals surface area contributed by atoms with Crippen molar-refractivity contribution in [1.29, 1.82) is 0 Å². The summed E-state index contributed by atoms with van der Waals surface area (Å²) in [7, 11) is 0. The van der Waals surface area contributed by atoms with E-state index in [0.29, 0.717) is 0 Å². The van der Waals surface area contributed by atoms with Crippen LogP contribution < -0.4 is 0 Å². The van der Waals surface area contributed by atoms with Crippen LogP contribution in [-0.4, -0.2) is 14.3 Å². The summed E-state index contributed by atoms with van der Waals surface area (Å²) >= 11 is -1.57. The second-order valence-electron chi connectivity index (χ2n) is 2.10. The molecule has 0 unspecified atom stereocenters. The van der Waals surface area contributed by atoms with Crippen molar-refractivity contribution in [3.63, 3.8) is 0 Å². The molecule has 1 rings (SSSR count). The summed E-state index contributed by atoms with van der Waals surface area (Å²) in [4.78, 5) is 0. The van der Waals surface area contributed by atoms with Crippen molar-refractivity contribution in [2.45, 2.75) is 29.8 Å². The van der Waals surface area contributed by atoms with Gasteiger partial charge in [0.1, 0.15) is 0 Å². The van der Waals surface area contributed by atoms with E-state index in [1.807, 2.05) is 0 Å². The molecule has 2 heteroatoms. The van der Waals surface area contributed by atoms with E-state index in [9.17, 15) is 3.78 Å². The monoisotopic (exact) mass is 160 g/mol. The predicted octanol–water partition coefficient (Wildman–Crippen LogP) is 1.59. The van der Waals surface area contributed by atoms with E-state index in [-0.39, 0.29) is 0 Å². The molecular formula is C5H10GeO. The van der Waals surface area contributed by atoms with Crippen molar-refractivity contribution in [2.24, 2.45) is 0 Å². The quantitative estimate of drug-likeness (QED) is 0.490. The second kappa shape index (κ2) is 2.60. The first kappa shape index (κ1) is 5.48. The van der Waals surface area contributed by atoms with Gasteiger partial charge in [0.15, 0.2) is 0 Å². The number of hydrogen-bond acceptors (Lipinski definition) is 1. The van der Waals surface area contributed by atoms with E-state index >= 15 is 0 Å². The second-order valence-corrected chi connectivity index (χ2v) is 6.46. The number of hydrogen-bond donors (Lipinski definition) is 0. The molecule has 0 amide bonds. The predicted molar refractivity (Wildman–Crippen MR) is 29.9 cm³/mol. The van der Waals surface area contributed by atoms with Crippen LogP contribution in [0.15, 0.2) is 0 Å². The van der Waals surface area contributed by atoms with Crippen molar-refractivity contribution >= 4 is 14.3 Å². The molecule has 0 bridgehead atoms. The molecule has 1 nitrogen and oxygen atoms in total. The maximum atomic E-state index is 10.7. The fourth-order valence-corrected chi connectivity index (χ4v) is 4.17. The Kier molecular flexibility index (Phi) is 2.04. The zero-order chi connectivity index (χ0) is 5.11. The van der Waals surface area contributed by atoms with Gasteiger partial charge in [0.25, 0.3) is 0 Å². The van der Waals surface area contributed by atoms with Crippen LogP contribution in [-0.2, 0) is 3.78 Å². The summed E-state index contributed by atoms with van der Waals surface area (Å²) in [6.45, 7) is 0. The van der Waals surface area contributed by atoms with Crippen LogP contribution in [0.2, 0.25) is 10.5 Å². The minimum atomic E-state index is -1.57. The summed E-state index contributed by atoms with van der Waals surface area (Å²) in [5.41, 5.74) is 0. The van der Waals surface area contributed by atoms with Crippen LogP contribution in [0.25, 0.3) is 0 Å². The zero-order valence-electron chi connectivity index (χ0n) is 4.44. The van der Waals surface area contributed by atoms with Crippen LogP contribution in [0.4, 0.5) is 0 Å². The van der Waals surface area contributed by atoms with Gasteiger partial charge in [0.2, 0.25) is 0 Å². The molecule has 0 radical (unpaired) electrons. The van der Waals surface area contributed by atoms with Crippen LogP contribution in [0.5, 0.6) is 0 Å². The first-order valence-corrected chi connectivity index (χ1v) is 6.73. The molecule has 0 spiro atoms. The molecule has 0 atom stereocenters. The first-order valence-electron chi connectivity index (χ1n) is 2.91. The van der Waals surface area contributed by atoms with Gasteiger partial charge < -0.3 is 0 Å². The van der Waals surface area contributed by atoms with E-state index in [1.165, 1.54) is 19.3 Å². The standard InChI is InChI=1S/C5H10GeO/c7-6-4-2-1-3-5-6/h1-5H2. The molecule has 0 aromatic rings. The summed E-state index contributed by atoms with van der Waals surface area (Å²) in [6.07, 6.45) is 3.83. The maximum absolute atomic E-state index is 10.7. The SMILES string of the molecule is [O]=[Ge]1[CH2]CCC[CH2]1. The van der Waals surface area contributed by atoms with Gasteiger partial charge in [0, 0.05) is 0 Å². The van der Waals surface area contributed by atoms with Gasteiger partial charge in [0.05, 0.1) is 0 Å². The fourth-order valence-electron chi connectivity index (χ4n) is 0.946. The Hall–Kier alpha value is 0.343. The molecule has 0 N–H and O–H groups in total. The molecule has 1 fully saturated rings. The van der Waals surface area contributed by atoms with Gasteiger partial charge in [-0.15, -0.1) is 0 Å². The molecule has 0 aromatic heterocycles. The van der Waals surface area contributed by atoms with Crippen molar-refractivity contribution in [2.75, 3.05) is 0 Å². The third kappa shape index (κ3) is 1.72. The summed E-state index contributed by atoms with van der Waals surface area (Å²) in [5, 5.41) is 2.19. The Morgan fingerprint density at radius 3 is 1.86 bits per heavy atom. The van der Waals surface area contributed by atoms with Crippen molar-refractivity contribution in [3.8, 4) is 0 Å². The van der Waals surface area contributed by atoms with Crippen molar-refractivity contribution < 1.29 is 3.78 Å². The third-order valence-electron chi connectivity index (χ3n) is 1.41. The van der Waals surface area contributed by atoms with E-state index < -0.39 is 14.3 Å². The molecule has 1 aliphatic heterocycles. The summed E-state index contributed by atoms with van der Waals surface area (Å²) < 4.78 is 10.7. The first-order chi connectivity index (χ1) is 3.39. The average molecular weight is 159 g/mol. The normalized spacial score (nSPS) is 22.6. The fraction of sp³-hybridized carbons (Fsp3) is 1.00. The Morgan fingerprint density at radius 2 is 1.57 bits per heavy atom. The molecule has 1 heterocycles. The molecule has 0 saturated carbocycles. The Balaban J connectivity index is 2.25. The van der Waals surface area contributed by atoms with Gasteiger partial charge in [-0.1, -0.05) is 0 Å². The van der Waals surface area contributed by atoms with Gasteiger partial charge in [-0.05, 0) is 0 Å². The average Bonchev–Trinajstić information content (AvgIpc) is 1.69. The van der Waals surface area contributed by atoms with Crippen LogP contribution in [0, 0.1) is 0 Å². The Labute approximate surface area is 48.4 Å². The van der Waals surface area contributed by atoms with Gasteiger partial charge in [-0.25, -0.2) is 0 Å². The van der Waals surface area contributed by atoms with E-state index in [4.69, 9.17) is 0 Å². The van der Waals surface area contributed by atoms with E-state index in [2.05, 4.69) is 0 Å². The topological polar surface area (TPSA) is 17.1 Å². The third-order valence-corrected chi connectivity index (χ3v) is 5.23. The summed E-state index contributed by atoms with van der Waals surface area (Å²) in [5.74, 6) is 0. The molecule has 0 aliphatic carbocycles. The van der Waals surface area contributed by atoms with Crippen LogP contribution >= 0.6 is 0 Å². The molecule has 1 saturated heterocycles. The molecule has 40 valence electrons. The molecule has 7 heavy (non-hydrogen) atoms. The summed E-state index contributed by atoms with van der Waals surface area (Å²) in [6, 6.07) is 0. The van der Waals surface area contributed by atoms with Crippen LogP contribution in [0.1, 0.15) is 19.3 Å². The van der Waals surface area contributed by atoms with Crippen molar-refractivity contribution in [3.05, 3.63) is 0 Å².